The molecule has 1 aromatic rings. The van der Waals surface area contributed by atoms with Gasteiger partial charge in [-0.2, -0.15) is 0 Å². The Hall–Kier alpha value is -1.84. The summed E-state index contributed by atoms with van der Waals surface area (Å²) in [7, 11) is 0. The van der Waals surface area contributed by atoms with Gasteiger partial charge in [-0.25, -0.2) is 0 Å². The van der Waals surface area contributed by atoms with Crippen LogP contribution in [0.3, 0.4) is 0 Å². The van der Waals surface area contributed by atoms with Crippen molar-refractivity contribution in [1.82, 2.24) is 5.32 Å². The molecule has 1 aromatic carbocycles. The molecule has 2 rings (SSSR count). The smallest absolute Gasteiger partial charge is 0.246 e. The second kappa shape index (κ2) is 7.25. The predicted octanol–water partition coefficient (Wildman–Crippen LogP) is 3.19. The second-order valence-corrected chi connectivity index (χ2v) is 5.76. The number of carbonyl (C=O) groups is 1. The van der Waals surface area contributed by atoms with Gasteiger partial charge in [-0.3, -0.25) is 9.79 Å². The quantitative estimate of drug-likeness (QED) is 0.897. The summed E-state index contributed by atoms with van der Waals surface area (Å²) in [5, 5.41) is 6.28. The number of hydrogen-bond donors (Lipinski definition) is 2. The average Bonchev–Trinajstić information content (AvgIpc) is 2.71. The van der Waals surface area contributed by atoms with Gasteiger partial charge in [-0.15, -0.1) is 0 Å². The van der Waals surface area contributed by atoms with E-state index in [9.17, 15) is 4.79 Å². The van der Waals surface area contributed by atoms with Gasteiger partial charge in [0.1, 0.15) is 6.04 Å². The molecule has 0 spiro atoms. The van der Waals surface area contributed by atoms with Crippen molar-refractivity contribution in [3.63, 3.8) is 0 Å². The lowest BCUT2D eigenvalue weighted by molar-refractivity contribution is -0.117. The zero-order valence-electron chi connectivity index (χ0n) is 13.2. The number of aliphatic imine (C=N–C) groups is 1. The van der Waals surface area contributed by atoms with Crippen LogP contribution in [0.4, 0.5) is 5.69 Å². The van der Waals surface area contributed by atoms with Crippen molar-refractivity contribution in [2.75, 3.05) is 11.9 Å². The zero-order valence-corrected chi connectivity index (χ0v) is 13.2. The number of carbonyl (C=O) groups excluding carboxylic acids is 1. The van der Waals surface area contributed by atoms with E-state index in [1.165, 1.54) is 6.42 Å². The first kappa shape index (κ1) is 15.5. The summed E-state index contributed by atoms with van der Waals surface area (Å²) in [4.78, 5) is 16.9. The second-order valence-electron chi connectivity index (χ2n) is 5.76. The molecular formula is C17H25N3O. The standard InChI is InChI=1S/C17H25N3O/c1-12-8-7-9-13(2)16(12)20-17(21)14(3)19-15-10-5-4-6-11-18-15/h7-9,14H,4-6,10-11H2,1-3H3,(H,18,19)(H,20,21). The lowest BCUT2D eigenvalue weighted by Gasteiger charge is -2.18. The molecule has 4 nitrogen and oxygen atoms in total. The van der Waals surface area contributed by atoms with Crippen LogP contribution in [0.5, 0.6) is 0 Å². The van der Waals surface area contributed by atoms with E-state index in [0.717, 1.165) is 48.5 Å². The van der Waals surface area contributed by atoms with Gasteiger partial charge in [0.2, 0.25) is 5.91 Å². The third-order valence-electron chi connectivity index (χ3n) is 3.88. The molecule has 0 aromatic heterocycles. The van der Waals surface area contributed by atoms with Crippen LogP contribution in [0.15, 0.2) is 23.2 Å². The Bertz CT molecular complexity index is 517. The van der Waals surface area contributed by atoms with E-state index < -0.39 is 0 Å². The molecule has 0 radical (unpaired) electrons. The van der Waals surface area contributed by atoms with E-state index in [1.807, 2.05) is 39.0 Å². The number of hydrogen-bond acceptors (Lipinski definition) is 3. The lowest BCUT2D eigenvalue weighted by atomic mass is 10.1. The molecule has 21 heavy (non-hydrogen) atoms. The average molecular weight is 287 g/mol. The fourth-order valence-corrected chi connectivity index (χ4v) is 2.55. The van der Waals surface area contributed by atoms with Gasteiger partial charge in [-0.05, 0) is 44.7 Å². The molecule has 0 fully saturated rings. The van der Waals surface area contributed by atoms with Gasteiger partial charge in [0, 0.05) is 18.7 Å². The number of benzene rings is 1. The number of amides is 1. The van der Waals surface area contributed by atoms with Crippen molar-refractivity contribution in [2.24, 2.45) is 4.99 Å². The van der Waals surface area contributed by atoms with Crippen LogP contribution in [-0.4, -0.2) is 24.3 Å². The Labute approximate surface area is 127 Å². The van der Waals surface area contributed by atoms with E-state index in [4.69, 9.17) is 0 Å². The van der Waals surface area contributed by atoms with E-state index in [1.54, 1.807) is 0 Å². The van der Waals surface area contributed by atoms with Crippen LogP contribution in [0.25, 0.3) is 0 Å². The Morgan fingerprint density at radius 1 is 1.19 bits per heavy atom. The topological polar surface area (TPSA) is 53.5 Å². The largest absolute Gasteiger partial charge is 0.362 e. The number of para-hydroxylation sites is 1. The van der Waals surface area contributed by atoms with Crippen LogP contribution >= 0.6 is 0 Å². The SMILES string of the molecule is Cc1cccc(C)c1NC(=O)C(C)NC1=NCCCCC1. The van der Waals surface area contributed by atoms with Gasteiger partial charge in [-0.1, -0.05) is 24.6 Å². The summed E-state index contributed by atoms with van der Waals surface area (Å²) in [5.41, 5.74) is 3.09. The minimum absolute atomic E-state index is 0.0145. The molecule has 1 amide bonds. The molecule has 1 aliphatic rings. The minimum atomic E-state index is -0.277. The van der Waals surface area contributed by atoms with Crippen molar-refractivity contribution < 1.29 is 4.79 Å². The fraction of sp³-hybridized carbons (Fsp3) is 0.529. The highest BCUT2D eigenvalue weighted by molar-refractivity contribution is 5.98. The van der Waals surface area contributed by atoms with Gasteiger partial charge in [0.05, 0.1) is 5.84 Å². The van der Waals surface area contributed by atoms with Crippen LogP contribution < -0.4 is 10.6 Å². The summed E-state index contributed by atoms with van der Waals surface area (Å²) in [6.07, 6.45) is 4.46. The number of aryl methyl sites for hydroxylation is 2. The third-order valence-corrected chi connectivity index (χ3v) is 3.88. The number of anilines is 1. The minimum Gasteiger partial charge on any atom is -0.362 e. The van der Waals surface area contributed by atoms with Crippen LogP contribution in [0.2, 0.25) is 0 Å². The molecule has 2 N–H and O–H groups in total. The molecule has 1 atom stereocenters. The molecule has 0 aliphatic carbocycles. The number of nitrogens with one attached hydrogen (secondary N) is 2. The Kier molecular flexibility index (Phi) is 5.37. The maximum Gasteiger partial charge on any atom is 0.246 e. The molecule has 1 aliphatic heterocycles. The molecule has 0 saturated carbocycles. The molecular weight excluding hydrogens is 262 g/mol. The highest BCUT2D eigenvalue weighted by atomic mass is 16.2. The van der Waals surface area contributed by atoms with Crippen molar-refractivity contribution in [3.8, 4) is 0 Å². The van der Waals surface area contributed by atoms with Crippen molar-refractivity contribution in [1.29, 1.82) is 0 Å². The normalized spacial score (nSPS) is 16.6. The summed E-state index contributed by atoms with van der Waals surface area (Å²) in [6, 6.07) is 5.75. The molecule has 1 heterocycles. The van der Waals surface area contributed by atoms with Crippen molar-refractivity contribution in [3.05, 3.63) is 29.3 Å². The van der Waals surface area contributed by atoms with Crippen LogP contribution in [0.1, 0.15) is 43.7 Å². The van der Waals surface area contributed by atoms with Gasteiger partial charge < -0.3 is 10.6 Å². The van der Waals surface area contributed by atoms with Crippen molar-refractivity contribution >= 4 is 17.4 Å². The highest BCUT2D eigenvalue weighted by Gasteiger charge is 2.16. The maximum absolute atomic E-state index is 12.3. The summed E-state index contributed by atoms with van der Waals surface area (Å²) in [6.45, 7) is 6.77. The maximum atomic E-state index is 12.3. The fourth-order valence-electron chi connectivity index (χ4n) is 2.55. The van der Waals surface area contributed by atoms with E-state index in [-0.39, 0.29) is 11.9 Å². The predicted molar refractivity (Wildman–Crippen MR) is 87.9 cm³/mol. The summed E-state index contributed by atoms with van der Waals surface area (Å²) in [5.74, 6) is 0.955. The molecule has 0 saturated heterocycles. The van der Waals surface area contributed by atoms with Crippen LogP contribution in [-0.2, 0) is 4.79 Å². The van der Waals surface area contributed by atoms with Crippen LogP contribution in [0, 0.1) is 13.8 Å². The highest BCUT2D eigenvalue weighted by Crippen LogP contribution is 2.19. The van der Waals surface area contributed by atoms with Gasteiger partial charge in [0.25, 0.3) is 0 Å². The first-order chi connectivity index (χ1) is 10.1. The molecule has 114 valence electrons. The van der Waals surface area contributed by atoms with Gasteiger partial charge in [0.15, 0.2) is 0 Å². The number of nitrogens with zero attached hydrogens (tertiary/aromatic N) is 1. The first-order valence-electron chi connectivity index (χ1n) is 7.75. The third kappa shape index (κ3) is 4.31. The summed E-state index contributed by atoms with van der Waals surface area (Å²) < 4.78 is 0. The Balaban J connectivity index is 1.98. The Morgan fingerprint density at radius 3 is 2.62 bits per heavy atom. The van der Waals surface area contributed by atoms with E-state index in [2.05, 4.69) is 15.6 Å². The molecule has 1 unspecified atom stereocenters. The number of rotatable bonds is 3. The van der Waals surface area contributed by atoms with Crippen molar-refractivity contribution in [2.45, 2.75) is 52.5 Å². The zero-order chi connectivity index (χ0) is 15.2. The lowest BCUT2D eigenvalue weighted by Crippen LogP contribution is -2.41. The first-order valence-corrected chi connectivity index (χ1v) is 7.75. The monoisotopic (exact) mass is 287 g/mol. The molecule has 0 bridgehead atoms. The van der Waals surface area contributed by atoms with Gasteiger partial charge >= 0.3 is 0 Å². The van der Waals surface area contributed by atoms with E-state index in [0.29, 0.717) is 0 Å². The Morgan fingerprint density at radius 2 is 1.90 bits per heavy atom. The molecule has 4 heteroatoms. The summed E-state index contributed by atoms with van der Waals surface area (Å²) >= 11 is 0. The number of amidine groups is 1. The van der Waals surface area contributed by atoms with E-state index >= 15 is 0 Å².